The molecule has 2 aliphatic rings. The third-order valence-corrected chi connectivity index (χ3v) is 7.17. The van der Waals surface area contributed by atoms with Crippen LogP contribution in [-0.2, 0) is 20.7 Å². The van der Waals surface area contributed by atoms with E-state index in [1.807, 2.05) is 38.1 Å². The molecule has 1 saturated heterocycles. The van der Waals surface area contributed by atoms with Crippen molar-refractivity contribution >= 4 is 34.5 Å². The number of para-hydroxylation sites is 1. The lowest BCUT2D eigenvalue weighted by molar-refractivity contribution is -0.163. The Hall–Kier alpha value is -4.01. The SMILES string of the molecule is COC(=O)[C@@H]1Cc2c([nH]c3ccccc23)[C@@H]2CN(C(=O)Nc3ccc(OC)cc3)[C@@H](C(C)C)C(=O)N12. The number of hydrogen-bond acceptors (Lipinski definition) is 5. The van der Waals surface area contributed by atoms with Crippen LogP contribution in [0.1, 0.15) is 31.1 Å². The molecule has 3 heterocycles. The number of benzene rings is 2. The van der Waals surface area contributed by atoms with Crippen LogP contribution in [0.15, 0.2) is 48.5 Å². The zero-order valence-corrected chi connectivity index (χ0v) is 20.8. The Balaban J connectivity index is 1.55. The third-order valence-electron chi connectivity index (χ3n) is 7.17. The molecule has 0 spiro atoms. The van der Waals surface area contributed by atoms with Crippen LogP contribution in [0.2, 0.25) is 0 Å². The number of nitrogens with one attached hydrogen (secondary N) is 2. The molecule has 0 saturated carbocycles. The molecule has 5 rings (SSSR count). The average Bonchev–Trinajstić information content (AvgIpc) is 3.26. The molecular weight excluding hydrogens is 460 g/mol. The Labute approximate surface area is 209 Å². The predicted molar refractivity (Wildman–Crippen MR) is 135 cm³/mol. The maximum atomic E-state index is 14.0. The zero-order chi connectivity index (χ0) is 25.6. The Morgan fingerprint density at radius 2 is 1.81 bits per heavy atom. The summed E-state index contributed by atoms with van der Waals surface area (Å²) >= 11 is 0. The molecule has 36 heavy (non-hydrogen) atoms. The van der Waals surface area contributed by atoms with Gasteiger partial charge in [0, 0.05) is 35.2 Å². The van der Waals surface area contributed by atoms with Crippen molar-refractivity contribution in [3.05, 3.63) is 59.8 Å². The molecule has 9 heteroatoms. The minimum Gasteiger partial charge on any atom is -0.497 e. The second-order valence-electron chi connectivity index (χ2n) is 9.57. The van der Waals surface area contributed by atoms with Crippen LogP contribution in [0, 0.1) is 5.92 Å². The van der Waals surface area contributed by atoms with Crippen molar-refractivity contribution in [1.82, 2.24) is 14.8 Å². The number of aromatic amines is 1. The van der Waals surface area contributed by atoms with Crippen molar-refractivity contribution in [3.8, 4) is 5.75 Å². The van der Waals surface area contributed by atoms with E-state index in [-0.39, 0.29) is 24.4 Å². The quantitative estimate of drug-likeness (QED) is 0.543. The monoisotopic (exact) mass is 490 g/mol. The molecule has 0 bridgehead atoms. The third kappa shape index (κ3) is 3.84. The molecule has 9 nitrogen and oxygen atoms in total. The van der Waals surface area contributed by atoms with E-state index >= 15 is 0 Å². The Kier molecular flexibility index (Phi) is 6.07. The fraction of sp³-hybridized carbons (Fsp3) is 0.370. The number of methoxy groups -OCH3 is 2. The first-order valence-electron chi connectivity index (χ1n) is 12.0. The normalized spacial score (nSPS) is 21.2. The largest absolute Gasteiger partial charge is 0.497 e. The van der Waals surface area contributed by atoms with Crippen molar-refractivity contribution in [3.63, 3.8) is 0 Å². The van der Waals surface area contributed by atoms with E-state index in [4.69, 9.17) is 9.47 Å². The fourth-order valence-corrected chi connectivity index (χ4v) is 5.50. The molecule has 3 aromatic rings. The van der Waals surface area contributed by atoms with Gasteiger partial charge in [0.2, 0.25) is 5.91 Å². The molecular formula is C27H30N4O5. The van der Waals surface area contributed by atoms with Crippen LogP contribution in [-0.4, -0.2) is 65.5 Å². The van der Waals surface area contributed by atoms with Crippen LogP contribution < -0.4 is 10.1 Å². The lowest BCUT2D eigenvalue weighted by Gasteiger charge is -2.50. The number of H-pyrrole nitrogens is 1. The maximum absolute atomic E-state index is 14.0. The van der Waals surface area contributed by atoms with Crippen LogP contribution in [0.4, 0.5) is 10.5 Å². The number of fused-ring (bicyclic) bond motifs is 5. The molecule has 0 radical (unpaired) electrons. The van der Waals surface area contributed by atoms with Gasteiger partial charge in [0.25, 0.3) is 0 Å². The van der Waals surface area contributed by atoms with Crippen molar-refractivity contribution < 1.29 is 23.9 Å². The van der Waals surface area contributed by atoms with Crippen LogP contribution in [0.5, 0.6) is 5.75 Å². The van der Waals surface area contributed by atoms with E-state index in [1.54, 1.807) is 41.2 Å². The van der Waals surface area contributed by atoms with Crippen molar-refractivity contribution in [2.24, 2.45) is 5.92 Å². The Morgan fingerprint density at radius 1 is 1.08 bits per heavy atom. The summed E-state index contributed by atoms with van der Waals surface area (Å²) in [5.41, 5.74) is 3.36. The van der Waals surface area contributed by atoms with Crippen molar-refractivity contribution in [1.29, 1.82) is 0 Å². The number of hydrogen-bond donors (Lipinski definition) is 2. The van der Waals surface area contributed by atoms with Gasteiger partial charge in [0.05, 0.1) is 20.3 Å². The number of rotatable bonds is 4. The van der Waals surface area contributed by atoms with Crippen LogP contribution in [0.25, 0.3) is 10.9 Å². The number of piperazine rings is 1. The van der Waals surface area contributed by atoms with Crippen molar-refractivity contribution in [2.45, 2.75) is 38.4 Å². The molecule has 2 aliphatic heterocycles. The number of nitrogens with zero attached hydrogens (tertiary/aromatic N) is 2. The van der Waals surface area contributed by atoms with Crippen LogP contribution in [0.3, 0.4) is 0 Å². The van der Waals surface area contributed by atoms with Gasteiger partial charge in [-0.1, -0.05) is 32.0 Å². The highest BCUT2D eigenvalue weighted by Crippen LogP contribution is 2.42. The molecule has 2 N–H and O–H groups in total. The average molecular weight is 491 g/mol. The minimum atomic E-state index is -0.757. The summed E-state index contributed by atoms with van der Waals surface area (Å²) in [7, 11) is 2.92. The van der Waals surface area contributed by atoms with E-state index in [1.165, 1.54) is 7.11 Å². The number of urea groups is 1. The van der Waals surface area contributed by atoms with Gasteiger partial charge in [-0.2, -0.15) is 0 Å². The summed E-state index contributed by atoms with van der Waals surface area (Å²) in [5.74, 6) is -0.199. The van der Waals surface area contributed by atoms with Crippen molar-refractivity contribution in [2.75, 3.05) is 26.1 Å². The molecule has 0 aliphatic carbocycles. The summed E-state index contributed by atoms with van der Waals surface area (Å²) in [6, 6.07) is 12.5. The maximum Gasteiger partial charge on any atom is 0.328 e. The topological polar surface area (TPSA) is 104 Å². The summed E-state index contributed by atoms with van der Waals surface area (Å²) in [5, 5.41) is 3.93. The van der Waals surface area contributed by atoms with Gasteiger partial charge in [0.15, 0.2) is 0 Å². The summed E-state index contributed by atoms with van der Waals surface area (Å²) in [4.78, 5) is 47.1. The van der Waals surface area contributed by atoms with E-state index in [0.717, 1.165) is 22.2 Å². The highest BCUT2D eigenvalue weighted by molar-refractivity contribution is 5.97. The number of carbonyl (C=O) groups is 3. The Bertz CT molecular complexity index is 1320. The van der Waals surface area contributed by atoms with E-state index in [9.17, 15) is 14.4 Å². The second kappa shape index (κ2) is 9.22. The summed E-state index contributed by atoms with van der Waals surface area (Å²) in [6.07, 6.45) is 0.358. The predicted octanol–water partition coefficient (Wildman–Crippen LogP) is 3.72. The number of anilines is 1. The first-order valence-corrected chi connectivity index (χ1v) is 12.0. The highest BCUT2D eigenvalue weighted by atomic mass is 16.5. The molecule has 2 aromatic carbocycles. The molecule has 1 aromatic heterocycles. The second-order valence-corrected chi connectivity index (χ2v) is 9.57. The van der Waals surface area contributed by atoms with E-state index in [0.29, 0.717) is 17.9 Å². The standard InChI is InChI=1S/C27H30N4O5/c1-15(2)24-25(32)31-21(26(33)36-4)13-19-18-7-5-6-8-20(18)29-23(19)22(31)14-30(24)27(34)28-16-9-11-17(35-3)12-10-16/h5-12,15,21-22,24,29H,13-14H2,1-4H3,(H,28,34)/t21-,22-,24-/m0/s1. The first kappa shape index (κ1) is 23.7. The molecule has 3 atom stereocenters. The van der Waals surface area contributed by atoms with E-state index in [2.05, 4.69) is 10.3 Å². The lowest BCUT2D eigenvalue weighted by atomic mass is 9.86. The van der Waals surface area contributed by atoms with E-state index < -0.39 is 24.1 Å². The number of esters is 1. The van der Waals surface area contributed by atoms with Crippen LogP contribution >= 0.6 is 0 Å². The number of amides is 3. The van der Waals surface area contributed by atoms with Gasteiger partial charge in [-0.3, -0.25) is 4.79 Å². The van der Waals surface area contributed by atoms with Gasteiger partial charge >= 0.3 is 12.0 Å². The van der Waals surface area contributed by atoms with Gasteiger partial charge in [-0.15, -0.1) is 0 Å². The molecule has 3 amide bonds. The highest BCUT2D eigenvalue weighted by Gasteiger charge is 2.52. The minimum absolute atomic E-state index is 0.164. The fourth-order valence-electron chi connectivity index (χ4n) is 5.50. The number of aromatic nitrogens is 1. The number of carbonyl (C=O) groups excluding carboxylic acids is 3. The Morgan fingerprint density at radius 3 is 2.47 bits per heavy atom. The van der Waals surface area contributed by atoms with Gasteiger partial charge in [0.1, 0.15) is 17.8 Å². The number of ether oxygens (including phenoxy) is 2. The van der Waals surface area contributed by atoms with Gasteiger partial charge in [-0.05, 0) is 41.8 Å². The van der Waals surface area contributed by atoms with Gasteiger partial charge < -0.3 is 29.6 Å². The lowest BCUT2D eigenvalue weighted by Crippen LogP contribution is -2.66. The zero-order valence-electron chi connectivity index (χ0n) is 20.8. The molecule has 188 valence electrons. The smallest absolute Gasteiger partial charge is 0.328 e. The summed E-state index contributed by atoms with van der Waals surface area (Å²) < 4.78 is 10.3. The summed E-state index contributed by atoms with van der Waals surface area (Å²) in [6.45, 7) is 4.05. The van der Waals surface area contributed by atoms with Gasteiger partial charge in [-0.25, -0.2) is 9.59 Å². The molecule has 0 unspecified atom stereocenters. The first-order chi connectivity index (χ1) is 17.3. The molecule has 1 fully saturated rings.